The monoisotopic (exact) mass is 403 g/mol. The van der Waals surface area contributed by atoms with Gasteiger partial charge in [-0.2, -0.15) is 0 Å². The molecule has 0 bridgehead atoms. The molecule has 0 saturated heterocycles. The largest absolute Gasteiger partial charge is 0.384 e. The van der Waals surface area contributed by atoms with Gasteiger partial charge in [-0.15, -0.1) is 0 Å². The van der Waals surface area contributed by atoms with Gasteiger partial charge in [-0.25, -0.2) is 26.3 Å². The Morgan fingerprint density at radius 2 is 1.69 bits per heavy atom. The lowest BCUT2D eigenvalue weighted by Gasteiger charge is -2.23. The average molecular weight is 404 g/mol. The van der Waals surface area contributed by atoms with E-state index in [0.717, 1.165) is 36.8 Å². The summed E-state index contributed by atoms with van der Waals surface area (Å²) in [6, 6.07) is 7.86. The second-order valence-electron chi connectivity index (χ2n) is 7.07. The van der Waals surface area contributed by atoms with Gasteiger partial charge >= 0.3 is 0 Å². The van der Waals surface area contributed by atoms with E-state index in [1.807, 2.05) is 24.3 Å². The summed E-state index contributed by atoms with van der Waals surface area (Å²) in [6.45, 7) is 4.19. The third-order valence-corrected chi connectivity index (χ3v) is 7.21. The van der Waals surface area contributed by atoms with E-state index in [-0.39, 0.29) is 12.0 Å². The van der Waals surface area contributed by atoms with E-state index >= 15 is 0 Å². The van der Waals surface area contributed by atoms with Crippen molar-refractivity contribution in [2.45, 2.75) is 50.3 Å². The molecule has 1 saturated carbocycles. The molecule has 2 atom stereocenters. The zero-order valence-electron chi connectivity index (χ0n) is 15.5. The van der Waals surface area contributed by atoms with E-state index in [1.54, 1.807) is 13.8 Å². The van der Waals surface area contributed by atoms with Gasteiger partial charge in [0.1, 0.15) is 0 Å². The van der Waals surface area contributed by atoms with Crippen LogP contribution in [0.25, 0.3) is 0 Å². The van der Waals surface area contributed by atoms with E-state index < -0.39 is 25.3 Å². The fraction of sp³-hybridized carbons (Fsp3) is 0.647. The van der Waals surface area contributed by atoms with Crippen LogP contribution in [0.3, 0.4) is 0 Å². The predicted molar refractivity (Wildman–Crippen MR) is 105 cm³/mol. The van der Waals surface area contributed by atoms with Crippen molar-refractivity contribution in [1.29, 1.82) is 0 Å². The van der Waals surface area contributed by atoms with Crippen molar-refractivity contribution in [2.24, 2.45) is 0 Å². The maximum atomic E-state index is 12.2. The van der Waals surface area contributed by atoms with Crippen LogP contribution >= 0.6 is 0 Å². The first-order valence-corrected chi connectivity index (χ1v) is 12.3. The molecule has 3 N–H and O–H groups in total. The van der Waals surface area contributed by atoms with Gasteiger partial charge in [-0.3, -0.25) is 0 Å². The molecule has 0 aliphatic heterocycles. The van der Waals surface area contributed by atoms with E-state index in [4.69, 9.17) is 0 Å². The summed E-state index contributed by atoms with van der Waals surface area (Å²) in [5, 5.41) is 2.73. The summed E-state index contributed by atoms with van der Waals surface area (Å²) in [7, 11) is -6.45. The van der Waals surface area contributed by atoms with Crippen LogP contribution < -0.4 is 14.8 Å². The van der Waals surface area contributed by atoms with Gasteiger partial charge in [0.15, 0.2) is 0 Å². The quantitative estimate of drug-likeness (QED) is 0.544. The lowest BCUT2D eigenvalue weighted by Crippen LogP contribution is -2.40. The van der Waals surface area contributed by atoms with Gasteiger partial charge in [0, 0.05) is 30.7 Å². The van der Waals surface area contributed by atoms with Crippen molar-refractivity contribution in [3.63, 3.8) is 0 Å². The Labute approximate surface area is 157 Å². The highest BCUT2D eigenvalue weighted by atomic mass is 32.2. The van der Waals surface area contributed by atoms with Gasteiger partial charge in [0.05, 0.1) is 11.5 Å². The Morgan fingerprint density at radius 3 is 2.27 bits per heavy atom. The molecular weight excluding hydrogens is 374 g/mol. The summed E-state index contributed by atoms with van der Waals surface area (Å²) >= 11 is 0. The van der Waals surface area contributed by atoms with Crippen LogP contribution in [-0.4, -0.2) is 47.5 Å². The van der Waals surface area contributed by atoms with E-state index in [0.29, 0.717) is 13.1 Å². The van der Waals surface area contributed by atoms with Crippen LogP contribution in [0.15, 0.2) is 24.3 Å². The van der Waals surface area contributed by atoms with Gasteiger partial charge in [0.25, 0.3) is 0 Å². The van der Waals surface area contributed by atoms with Gasteiger partial charge in [0.2, 0.25) is 20.0 Å². The smallest absolute Gasteiger partial charge is 0.214 e. The van der Waals surface area contributed by atoms with Gasteiger partial charge in [-0.05, 0) is 44.4 Å². The second kappa shape index (κ2) is 8.69. The van der Waals surface area contributed by atoms with E-state index in [9.17, 15) is 16.8 Å². The van der Waals surface area contributed by atoms with Crippen molar-refractivity contribution in [3.05, 3.63) is 29.8 Å². The highest BCUT2D eigenvalue weighted by Crippen LogP contribution is 2.35. The van der Waals surface area contributed by atoms with Crippen LogP contribution in [0.4, 0.5) is 5.69 Å². The summed E-state index contributed by atoms with van der Waals surface area (Å²) in [5.41, 5.74) is 2.03. The van der Waals surface area contributed by atoms with Crippen molar-refractivity contribution in [3.8, 4) is 0 Å². The molecule has 148 valence electrons. The fourth-order valence-electron chi connectivity index (χ4n) is 3.14. The minimum Gasteiger partial charge on any atom is -0.384 e. The van der Waals surface area contributed by atoms with Crippen molar-refractivity contribution in [2.75, 3.05) is 24.7 Å². The predicted octanol–water partition coefficient (Wildman–Crippen LogP) is 1.61. The van der Waals surface area contributed by atoms with Crippen molar-refractivity contribution in [1.82, 2.24) is 9.44 Å². The molecule has 2 rings (SSSR count). The molecule has 1 aromatic rings. The van der Waals surface area contributed by atoms with E-state index in [1.165, 1.54) is 0 Å². The summed E-state index contributed by atoms with van der Waals surface area (Å²) in [6.07, 6.45) is 3.96. The maximum Gasteiger partial charge on any atom is 0.214 e. The minimum absolute atomic E-state index is 0.0554. The van der Waals surface area contributed by atoms with Crippen molar-refractivity contribution >= 4 is 25.7 Å². The van der Waals surface area contributed by atoms with Gasteiger partial charge < -0.3 is 5.32 Å². The number of hydrogen-bond donors (Lipinski definition) is 3. The van der Waals surface area contributed by atoms with Crippen LogP contribution in [0, 0.1) is 0 Å². The zero-order valence-corrected chi connectivity index (χ0v) is 17.2. The lowest BCUT2D eigenvalue weighted by atomic mass is 9.94. The van der Waals surface area contributed by atoms with Crippen LogP contribution in [0.5, 0.6) is 0 Å². The third-order valence-electron chi connectivity index (χ3n) is 4.61. The first-order chi connectivity index (χ1) is 12.1. The topological polar surface area (TPSA) is 104 Å². The third kappa shape index (κ3) is 6.22. The SMILES string of the molecule is CC(C)S(=O)(=O)NC1CCCC1c1ccc(NCCNS(C)(=O)=O)cc1. The average Bonchev–Trinajstić information content (AvgIpc) is 2.98. The minimum atomic E-state index is -3.28. The fourth-order valence-corrected chi connectivity index (χ4v) is 4.59. The Kier molecular flexibility index (Phi) is 7.06. The molecule has 1 aliphatic carbocycles. The van der Waals surface area contributed by atoms with Gasteiger partial charge in [-0.1, -0.05) is 18.6 Å². The molecule has 1 aromatic carbocycles. The summed E-state index contributed by atoms with van der Waals surface area (Å²) < 4.78 is 51.7. The van der Waals surface area contributed by atoms with E-state index in [2.05, 4.69) is 14.8 Å². The maximum absolute atomic E-state index is 12.2. The molecule has 1 fully saturated rings. The first kappa shape index (κ1) is 21.1. The number of nitrogens with one attached hydrogen (secondary N) is 3. The highest BCUT2D eigenvalue weighted by Gasteiger charge is 2.32. The molecular formula is C17H29N3O4S2. The Bertz CT molecular complexity index is 790. The van der Waals surface area contributed by atoms with Crippen molar-refractivity contribution < 1.29 is 16.8 Å². The Hall–Kier alpha value is -1.16. The molecule has 9 heteroatoms. The first-order valence-electron chi connectivity index (χ1n) is 8.88. The number of hydrogen-bond acceptors (Lipinski definition) is 5. The Morgan fingerprint density at radius 1 is 1.04 bits per heavy atom. The molecule has 7 nitrogen and oxygen atoms in total. The lowest BCUT2D eigenvalue weighted by molar-refractivity contribution is 0.519. The van der Waals surface area contributed by atoms with Crippen LogP contribution in [0.1, 0.15) is 44.6 Å². The second-order valence-corrected chi connectivity index (χ2v) is 11.2. The molecule has 1 aliphatic rings. The standard InChI is InChI=1S/C17H29N3O4S2/c1-13(2)26(23,24)20-17-6-4-5-16(17)14-7-9-15(10-8-14)18-11-12-19-25(3,21)22/h7-10,13,16-20H,4-6,11-12H2,1-3H3. The van der Waals surface area contributed by atoms with Crippen LogP contribution in [-0.2, 0) is 20.0 Å². The molecule has 26 heavy (non-hydrogen) atoms. The normalized spacial score (nSPS) is 21.2. The molecule has 0 amide bonds. The Balaban J connectivity index is 1.94. The summed E-state index contributed by atoms with van der Waals surface area (Å²) in [5.74, 6) is 0.185. The molecule has 0 spiro atoms. The number of benzene rings is 1. The highest BCUT2D eigenvalue weighted by molar-refractivity contribution is 7.90. The van der Waals surface area contributed by atoms with Crippen LogP contribution in [0.2, 0.25) is 0 Å². The zero-order chi connectivity index (χ0) is 19.4. The molecule has 0 heterocycles. The molecule has 0 radical (unpaired) electrons. The molecule has 2 unspecified atom stereocenters. The summed E-state index contributed by atoms with van der Waals surface area (Å²) in [4.78, 5) is 0. The molecule has 0 aromatic heterocycles. The number of sulfonamides is 2. The number of anilines is 1. The number of rotatable bonds is 9.